The van der Waals surface area contributed by atoms with Crippen LogP contribution in [-0.2, 0) is 11.3 Å². The Kier molecular flexibility index (Phi) is 6.43. The summed E-state index contributed by atoms with van der Waals surface area (Å²) in [5.41, 5.74) is 1.99. The molecule has 0 radical (unpaired) electrons. The van der Waals surface area contributed by atoms with Gasteiger partial charge < -0.3 is 15.5 Å². The molecule has 0 unspecified atom stereocenters. The van der Waals surface area contributed by atoms with Crippen LogP contribution in [0, 0.1) is 12.7 Å². The number of amides is 3. The van der Waals surface area contributed by atoms with Crippen LogP contribution in [0.25, 0.3) is 0 Å². The third kappa shape index (κ3) is 5.29. The first-order chi connectivity index (χ1) is 13.8. The van der Waals surface area contributed by atoms with E-state index in [9.17, 15) is 14.0 Å². The van der Waals surface area contributed by atoms with Gasteiger partial charge in [-0.1, -0.05) is 12.1 Å². The van der Waals surface area contributed by atoms with Gasteiger partial charge in [0.25, 0.3) is 0 Å². The van der Waals surface area contributed by atoms with Gasteiger partial charge in [0, 0.05) is 62.3 Å². The smallest absolute Gasteiger partial charge is 0.323 e. The second-order valence-corrected chi connectivity index (χ2v) is 7.33. The van der Waals surface area contributed by atoms with E-state index in [0.29, 0.717) is 37.4 Å². The van der Waals surface area contributed by atoms with Crippen molar-refractivity contribution in [2.24, 2.45) is 0 Å². The van der Waals surface area contributed by atoms with E-state index in [1.165, 1.54) is 6.07 Å². The molecule has 1 saturated heterocycles. The summed E-state index contributed by atoms with van der Waals surface area (Å²) >= 11 is 0. The van der Waals surface area contributed by atoms with Crippen LogP contribution in [0.3, 0.4) is 0 Å². The molecule has 0 aliphatic carbocycles. The molecule has 2 N–H and O–H groups in total. The summed E-state index contributed by atoms with van der Waals surface area (Å²) in [6.45, 7) is 7.77. The number of nitrogens with one attached hydrogen (secondary N) is 2. The zero-order valence-electron chi connectivity index (χ0n) is 16.9. The van der Waals surface area contributed by atoms with Crippen LogP contribution in [0.1, 0.15) is 25.1 Å². The third-order valence-corrected chi connectivity index (χ3v) is 5.07. The van der Waals surface area contributed by atoms with E-state index in [4.69, 9.17) is 0 Å². The zero-order chi connectivity index (χ0) is 21.0. The number of hydrogen-bond acceptors (Lipinski definition) is 4. The maximum Gasteiger partial charge on any atom is 0.323 e. The minimum Gasteiger partial charge on any atom is -0.340 e. The van der Waals surface area contributed by atoms with Crippen LogP contribution >= 0.6 is 0 Å². The van der Waals surface area contributed by atoms with Gasteiger partial charge in [-0.15, -0.1) is 0 Å². The maximum absolute atomic E-state index is 15.0. The SMILES string of the molecule is CC(=O)N1CCN(Cc2cccc(NC(=O)Nc3ccnc(C)c3)c2F)[C@H](C)C1. The molecule has 3 amide bonds. The van der Waals surface area contributed by atoms with Crippen molar-refractivity contribution in [3.8, 4) is 0 Å². The number of anilines is 2. The van der Waals surface area contributed by atoms with E-state index < -0.39 is 11.8 Å². The van der Waals surface area contributed by atoms with Gasteiger partial charge in [0.2, 0.25) is 5.91 Å². The van der Waals surface area contributed by atoms with Crippen molar-refractivity contribution in [2.45, 2.75) is 33.4 Å². The molecular formula is C21H26FN5O2. The number of hydrogen-bond donors (Lipinski definition) is 2. The first-order valence-electron chi connectivity index (χ1n) is 9.61. The van der Waals surface area contributed by atoms with Crippen molar-refractivity contribution >= 4 is 23.3 Å². The van der Waals surface area contributed by atoms with E-state index in [1.807, 2.05) is 13.8 Å². The summed E-state index contributed by atoms with van der Waals surface area (Å²) in [5, 5.41) is 5.25. The molecule has 1 aromatic carbocycles. The lowest BCUT2D eigenvalue weighted by molar-refractivity contribution is -0.131. The van der Waals surface area contributed by atoms with Crippen LogP contribution < -0.4 is 10.6 Å². The number of piperazine rings is 1. The second kappa shape index (κ2) is 9.00. The minimum absolute atomic E-state index is 0.0595. The van der Waals surface area contributed by atoms with E-state index in [1.54, 1.807) is 42.3 Å². The molecule has 1 aliphatic rings. The number of nitrogens with zero attached hydrogens (tertiary/aromatic N) is 3. The van der Waals surface area contributed by atoms with Crippen LogP contribution in [0.15, 0.2) is 36.5 Å². The highest BCUT2D eigenvalue weighted by atomic mass is 19.1. The molecule has 2 heterocycles. The molecule has 29 heavy (non-hydrogen) atoms. The van der Waals surface area contributed by atoms with E-state index >= 15 is 0 Å². The van der Waals surface area contributed by atoms with Gasteiger partial charge in [-0.05, 0) is 32.0 Å². The number of carbonyl (C=O) groups is 2. The van der Waals surface area contributed by atoms with Crippen molar-refractivity contribution in [1.82, 2.24) is 14.8 Å². The van der Waals surface area contributed by atoms with Crippen LogP contribution in [0.5, 0.6) is 0 Å². The minimum atomic E-state index is -0.518. The summed E-state index contributed by atoms with van der Waals surface area (Å²) in [6, 6.07) is 7.98. The van der Waals surface area contributed by atoms with Gasteiger partial charge in [0.15, 0.2) is 5.82 Å². The Balaban J connectivity index is 1.65. The molecule has 0 saturated carbocycles. The molecule has 3 rings (SSSR count). The molecule has 0 spiro atoms. The summed E-state index contributed by atoms with van der Waals surface area (Å²) in [6.07, 6.45) is 1.60. The Morgan fingerprint density at radius 3 is 2.72 bits per heavy atom. The van der Waals surface area contributed by atoms with Gasteiger partial charge in [0.1, 0.15) is 0 Å². The Morgan fingerprint density at radius 1 is 1.24 bits per heavy atom. The topological polar surface area (TPSA) is 77.6 Å². The molecule has 2 aromatic rings. The number of pyridine rings is 1. The normalized spacial score (nSPS) is 17.1. The highest BCUT2D eigenvalue weighted by molar-refractivity contribution is 5.99. The molecule has 154 valence electrons. The highest BCUT2D eigenvalue weighted by Crippen LogP contribution is 2.22. The number of urea groups is 1. The molecule has 1 atom stereocenters. The first-order valence-corrected chi connectivity index (χ1v) is 9.61. The number of rotatable bonds is 4. The molecule has 1 aromatic heterocycles. The fraction of sp³-hybridized carbons (Fsp3) is 0.381. The predicted octanol–water partition coefficient (Wildman–Crippen LogP) is 3.23. The van der Waals surface area contributed by atoms with Gasteiger partial charge in [-0.25, -0.2) is 9.18 Å². The first kappa shape index (κ1) is 20.7. The van der Waals surface area contributed by atoms with Crippen molar-refractivity contribution in [1.29, 1.82) is 0 Å². The quantitative estimate of drug-likeness (QED) is 0.828. The summed E-state index contributed by atoms with van der Waals surface area (Å²) < 4.78 is 15.0. The van der Waals surface area contributed by atoms with Crippen LogP contribution in [-0.4, -0.2) is 52.4 Å². The molecule has 7 nitrogen and oxygen atoms in total. The van der Waals surface area contributed by atoms with Gasteiger partial charge >= 0.3 is 6.03 Å². The summed E-state index contributed by atoms with van der Waals surface area (Å²) in [4.78, 5) is 31.8. The van der Waals surface area contributed by atoms with Gasteiger partial charge in [0.05, 0.1) is 5.69 Å². The molecule has 1 fully saturated rings. The fourth-order valence-corrected chi connectivity index (χ4v) is 3.44. The second-order valence-electron chi connectivity index (χ2n) is 7.33. The number of carbonyl (C=O) groups excluding carboxylic acids is 2. The summed E-state index contributed by atoms with van der Waals surface area (Å²) in [7, 11) is 0. The Bertz CT molecular complexity index is 904. The summed E-state index contributed by atoms with van der Waals surface area (Å²) in [5.74, 6) is -0.390. The average molecular weight is 399 g/mol. The molecule has 0 bridgehead atoms. The third-order valence-electron chi connectivity index (χ3n) is 5.07. The Labute approximate surface area is 169 Å². The standard InChI is InChI=1S/C21H26FN5O2/c1-14-11-18(7-8-23-14)24-21(29)25-19-6-4-5-17(20(19)22)13-26-9-10-27(16(3)28)12-15(26)2/h4-8,11,15H,9-10,12-13H2,1-3H3,(H2,23,24,25,29)/t15-/m1/s1. The largest absolute Gasteiger partial charge is 0.340 e. The van der Waals surface area contributed by atoms with E-state index in [2.05, 4.69) is 20.5 Å². The fourth-order valence-electron chi connectivity index (χ4n) is 3.44. The number of halogens is 1. The number of benzene rings is 1. The lowest BCUT2D eigenvalue weighted by atomic mass is 10.1. The lowest BCUT2D eigenvalue weighted by Crippen LogP contribution is -2.52. The average Bonchev–Trinajstić information content (AvgIpc) is 2.66. The van der Waals surface area contributed by atoms with Gasteiger partial charge in [-0.2, -0.15) is 0 Å². The molecular weight excluding hydrogens is 373 g/mol. The Hall–Kier alpha value is -3.00. The van der Waals surface area contributed by atoms with E-state index in [-0.39, 0.29) is 17.6 Å². The van der Waals surface area contributed by atoms with Crippen LogP contribution in [0.2, 0.25) is 0 Å². The van der Waals surface area contributed by atoms with Gasteiger partial charge in [-0.3, -0.25) is 14.7 Å². The zero-order valence-corrected chi connectivity index (χ0v) is 16.9. The van der Waals surface area contributed by atoms with Crippen molar-refractivity contribution in [3.63, 3.8) is 0 Å². The number of aromatic nitrogens is 1. The Morgan fingerprint density at radius 2 is 2.03 bits per heavy atom. The lowest BCUT2D eigenvalue weighted by Gasteiger charge is -2.39. The highest BCUT2D eigenvalue weighted by Gasteiger charge is 2.26. The molecule has 1 aliphatic heterocycles. The molecule has 8 heteroatoms. The predicted molar refractivity (Wildman–Crippen MR) is 110 cm³/mol. The van der Waals surface area contributed by atoms with E-state index in [0.717, 1.165) is 5.69 Å². The maximum atomic E-state index is 15.0. The van der Waals surface area contributed by atoms with Crippen molar-refractivity contribution < 1.29 is 14.0 Å². The monoisotopic (exact) mass is 399 g/mol. The van der Waals surface area contributed by atoms with Crippen LogP contribution in [0.4, 0.5) is 20.6 Å². The number of aryl methyl sites for hydroxylation is 1. The van der Waals surface area contributed by atoms with Crippen molar-refractivity contribution in [2.75, 3.05) is 30.3 Å². The van der Waals surface area contributed by atoms with Crippen molar-refractivity contribution in [3.05, 3.63) is 53.6 Å².